The summed E-state index contributed by atoms with van der Waals surface area (Å²) in [5.41, 5.74) is 3.55. The highest BCUT2D eigenvalue weighted by Crippen LogP contribution is 2.23. The first-order valence-electron chi connectivity index (χ1n) is 7.88. The second-order valence-electron chi connectivity index (χ2n) is 6.22. The summed E-state index contributed by atoms with van der Waals surface area (Å²) in [6.45, 7) is 3.80. The predicted molar refractivity (Wildman–Crippen MR) is 91.2 cm³/mol. The summed E-state index contributed by atoms with van der Waals surface area (Å²) >= 11 is 5.92. The first-order valence-corrected chi connectivity index (χ1v) is 8.26. The van der Waals surface area contributed by atoms with E-state index in [2.05, 4.69) is 20.0 Å². The molecular weight excluding hydrogens is 328 g/mol. The number of halogens is 1. The Kier molecular flexibility index (Phi) is 3.86. The monoisotopic (exact) mass is 344 g/mol. The van der Waals surface area contributed by atoms with E-state index in [1.807, 2.05) is 24.3 Å². The summed E-state index contributed by atoms with van der Waals surface area (Å²) in [6.07, 6.45) is 0.738. The number of aromatic nitrogens is 2. The predicted octanol–water partition coefficient (Wildman–Crippen LogP) is 2.24. The number of aromatic amines is 1. The quantitative estimate of drug-likeness (QED) is 0.927. The van der Waals surface area contributed by atoms with Crippen molar-refractivity contribution in [2.75, 3.05) is 6.54 Å². The van der Waals surface area contributed by atoms with Crippen LogP contribution in [-0.4, -0.2) is 33.2 Å². The number of H-pyrrole nitrogens is 1. The number of hydrogen-bond donors (Lipinski definition) is 1. The Balaban J connectivity index is 1.39. The summed E-state index contributed by atoms with van der Waals surface area (Å²) < 4.78 is 0. The van der Waals surface area contributed by atoms with E-state index in [0.29, 0.717) is 23.9 Å². The minimum absolute atomic E-state index is 0.00910. The Morgan fingerprint density at radius 2 is 2.12 bits per heavy atom. The van der Waals surface area contributed by atoms with Gasteiger partial charge in [0.15, 0.2) is 0 Å². The van der Waals surface area contributed by atoms with Crippen LogP contribution < -0.4 is 5.56 Å². The normalized spacial score (nSPS) is 19.9. The van der Waals surface area contributed by atoms with Crippen LogP contribution in [0.5, 0.6) is 0 Å². The molecule has 0 spiro atoms. The van der Waals surface area contributed by atoms with Crippen molar-refractivity contribution >= 4 is 17.3 Å². The molecule has 2 aliphatic rings. The highest BCUT2D eigenvalue weighted by Gasteiger charge is 2.29. The van der Waals surface area contributed by atoms with Gasteiger partial charge in [0, 0.05) is 31.1 Å². The van der Waals surface area contributed by atoms with Crippen LogP contribution in [0, 0.1) is 6.92 Å². The zero-order valence-corrected chi connectivity index (χ0v) is 14.0. The summed E-state index contributed by atoms with van der Waals surface area (Å²) in [6, 6.07) is 7.60. The molecule has 3 heterocycles. The molecule has 6 nitrogen and oxygen atoms in total. The summed E-state index contributed by atoms with van der Waals surface area (Å²) in [7, 11) is 0. The van der Waals surface area contributed by atoms with Crippen molar-refractivity contribution in [3.8, 4) is 0 Å². The molecule has 1 N–H and O–H groups in total. The van der Waals surface area contributed by atoms with E-state index in [1.165, 1.54) is 0 Å². The number of benzene rings is 1. The van der Waals surface area contributed by atoms with Gasteiger partial charge in [-0.1, -0.05) is 28.9 Å². The van der Waals surface area contributed by atoms with E-state index < -0.39 is 0 Å². The van der Waals surface area contributed by atoms with Gasteiger partial charge in [-0.2, -0.15) is 0 Å². The number of nitrogens with zero attached hydrogens (tertiary/aromatic N) is 3. The molecular formula is C17H17ClN4O2. The van der Waals surface area contributed by atoms with Crippen LogP contribution in [0.1, 0.15) is 29.1 Å². The minimum atomic E-state index is -0.0366. The number of fused-ring (bicyclic) bond motifs is 1. The number of rotatable bonds is 3. The standard InChI is InChI=1S/C17H17ClN4O2/c1-10-19-16-9-22(8-14(16)17(23)20-10)7-13-6-15(21-24-13)11-2-4-12(18)5-3-11/h2-5,13H,6-9H2,1H3,(H,19,20,23). The van der Waals surface area contributed by atoms with Gasteiger partial charge >= 0.3 is 0 Å². The molecule has 1 aromatic heterocycles. The highest BCUT2D eigenvalue weighted by molar-refractivity contribution is 6.30. The van der Waals surface area contributed by atoms with E-state index in [4.69, 9.17) is 16.4 Å². The third-order valence-corrected chi connectivity index (χ3v) is 4.60. The molecule has 0 radical (unpaired) electrons. The summed E-state index contributed by atoms with van der Waals surface area (Å²) in [5, 5.41) is 4.91. The molecule has 0 saturated heterocycles. The molecule has 2 aromatic rings. The summed E-state index contributed by atoms with van der Waals surface area (Å²) in [5.74, 6) is 0.658. The molecule has 0 fully saturated rings. The van der Waals surface area contributed by atoms with Gasteiger partial charge in [-0.15, -0.1) is 0 Å². The van der Waals surface area contributed by atoms with Crippen LogP contribution in [0.2, 0.25) is 5.02 Å². The topological polar surface area (TPSA) is 70.6 Å². The molecule has 0 aliphatic carbocycles. The Bertz CT molecular complexity index is 860. The Morgan fingerprint density at radius 1 is 1.33 bits per heavy atom. The molecule has 1 unspecified atom stereocenters. The number of aryl methyl sites for hydroxylation is 1. The van der Waals surface area contributed by atoms with E-state index in [-0.39, 0.29) is 11.7 Å². The first-order chi connectivity index (χ1) is 11.6. The third kappa shape index (κ3) is 2.95. The van der Waals surface area contributed by atoms with Crippen molar-refractivity contribution in [2.24, 2.45) is 5.16 Å². The summed E-state index contributed by atoms with van der Waals surface area (Å²) in [4.78, 5) is 26.9. The number of nitrogens with one attached hydrogen (secondary N) is 1. The zero-order valence-electron chi connectivity index (χ0n) is 13.3. The van der Waals surface area contributed by atoms with Gasteiger partial charge in [0.05, 0.1) is 17.0 Å². The van der Waals surface area contributed by atoms with Gasteiger partial charge in [0.1, 0.15) is 11.9 Å². The maximum atomic E-state index is 12.0. The fourth-order valence-electron chi connectivity index (χ4n) is 3.21. The lowest BCUT2D eigenvalue weighted by Gasteiger charge is -2.17. The van der Waals surface area contributed by atoms with E-state index in [9.17, 15) is 4.79 Å². The molecule has 0 amide bonds. The van der Waals surface area contributed by atoms with Crippen LogP contribution >= 0.6 is 11.6 Å². The van der Waals surface area contributed by atoms with Crippen molar-refractivity contribution in [2.45, 2.75) is 32.5 Å². The lowest BCUT2D eigenvalue weighted by atomic mass is 10.1. The van der Waals surface area contributed by atoms with Crippen LogP contribution in [0.15, 0.2) is 34.2 Å². The van der Waals surface area contributed by atoms with E-state index >= 15 is 0 Å². The van der Waals surface area contributed by atoms with Crippen molar-refractivity contribution in [3.05, 3.63) is 62.3 Å². The van der Waals surface area contributed by atoms with Gasteiger partial charge in [-0.25, -0.2) is 4.98 Å². The SMILES string of the molecule is Cc1nc2c(c(=O)[nH]1)CN(CC1CC(c3ccc(Cl)cc3)=NO1)C2. The van der Waals surface area contributed by atoms with Gasteiger partial charge in [0.2, 0.25) is 0 Å². The lowest BCUT2D eigenvalue weighted by molar-refractivity contribution is 0.0515. The molecule has 7 heteroatoms. The number of oxime groups is 1. The molecule has 24 heavy (non-hydrogen) atoms. The average molecular weight is 345 g/mol. The maximum absolute atomic E-state index is 12.0. The second kappa shape index (κ2) is 6.03. The Labute approximate surface area is 144 Å². The maximum Gasteiger partial charge on any atom is 0.255 e. The zero-order chi connectivity index (χ0) is 16.7. The fraction of sp³-hybridized carbons (Fsp3) is 0.353. The lowest BCUT2D eigenvalue weighted by Crippen LogP contribution is -2.29. The molecule has 4 rings (SSSR count). The van der Waals surface area contributed by atoms with Gasteiger partial charge in [-0.3, -0.25) is 9.69 Å². The van der Waals surface area contributed by atoms with Crippen molar-refractivity contribution in [1.82, 2.24) is 14.9 Å². The molecule has 0 saturated carbocycles. The van der Waals surface area contributed by atoms with Crippen molar-refractivity contribution in [1.29, 1.82) is 0 Å². The smallest absolute Gasteiger partial charge is 0.255 e. The molecule has 1 atom stereocenters. The molecule has 124 valence electrons. The fourth-order valence-corrected chi connectivity index (χ4v) is 3.34. The molecule has 2 aliphatic heterocycles. The largest absolute Gasteiger partial charge is 0.390 e. The van der Waals surface area contributed by atoms with Crippen LogP contribution in [0.3, 0.4) is 0 Å². The van der Waals surface area contributed by atoms with Crippen molar-refractivity contribution < 1.29 is 4.84 Å². The minimum Gasteiger partial charge on any atom is -0.390 e. The Hall–Kier alpha value is -2.18. The van der Waals surface area contributed by atoms with Gasteiger partial charge in [0.25, 0.3) is 5.56 Å². The van der Waals surface area contributed by atoms with E-state index in [1.54, 1.807) is 6.92 Å². The van der Waals surface area contributed by atoms with Gasteiger partial charge < -0.3 is 9.82 Å². The highest BCUT2D eigenvalue weighted by atomic mass is 35.5. The van der Waals surface area contributed by atoms with Crippen LogP contribution in [-0.2, 0) is 17.9 Å². The number of hydrogen-bond acceptors (Lipinski definition) is 5. The van der Waals surface area contributed by atoms with Gasteiger partial charge in [-0.05, 0) is 24.6 Å². The second-order valence-corrected chi connectivity index (χ2v) is 6.66. The van der Waals surface area contributed by atoms with Crippen molar-refractivity contribution in [3.63, 3.8) is 0 Å². The van der Waals surface area contributed by atoms with Crippen LogP contribution in [0.4, 0.5) is 0 Å². The van der Waals surface area contributed by atoms with E-state index in [0.717, 1.165) is 35.5 Å². The molecule has 0 bridgehead atoms. The van der Waals surface area contributed by atoms with Crippen LogP contribution in [0.25, 0.3) is 0 Å². The average Bonchev–Trinajstić information content (AvgIpc) is 3.15. The third-order valence-electron chi connectivity index (χ3n) is 4.35. The molecule has 1 aromatic carbocycles. The Morgan fingerprint density at radius 3 is 2.92 bits per heavy atom. The first kappa shape index (κ1) is 15.4.